The second-order valence-electron chi connectivity index (χ2n) is 3.74. The molecule has 0 saturated carbocycles. The quantitative estimate of drug-likeness (QED) is 0.842. The minimum atomic E-state index is -0.468. The zero-order chi connectivity index (χ0) is 13.8. The van der Waals surface area contributed by atoms with Crippen molar-refractivity contribution in [3.8, 4) is 0 Å². The van der Waals surface area contributed by atoms with E-state index in [4.69, 9.17) is 18.0 Å². The van der Waals surface area contributed by atoms with Gasteiger partial charge in [-0.2, -0.15) is 0 Å². The Balaban J connectivity index is 2.29. The summed E-state index contributed by atoms with van der Waals surface area (Å²) in [5.41, 5.74) is 6.60. The summed E-state index contributed by atoms with van der Waals surface area (Å²) in [6, 6.07) is 6.97. The van der Waals surface area contributed by atoms with E-state index in [1.165, 1.54) is 30.6 Å². The topological polar surface area (TPSA) is 68.0 Å². The molecule has 0 aliphatic heterocycles. The molecular formula is C13H10FN3OS. The van der Waals surface area contributed by atoms with Crippen LogP contribution in [-0.4, -0.2) is 15.9 Å². The average Bonchev–Trinajstić information content (AvgIpc) is 2.41. The molecule has 0 aliphatic carbocycles. The van der Waals surface area contributed by atoms with Crippen molar-refractivity contribution in [1.29, 1.82) is 0 Å². The molecule has 1 amide bonds. The molecule has 2 aromatic rings. The van der Waals surface area contributed by atoms with Gasteiger partial charge in [-0.15, -0.1) is 0 Å². The number of nitrogens with two attached hydrogens (primary N) is 1. The van der Waals surface area contributed by atoms with Crippen LogP contribution in [0.4, 0.5) is 10.1 Å². The van der Waals surface area contributed by atoms with Gasteiger partial charge in [-0.1, -0.05) is 12.2 Å². The molecule has 6 heteroatoms. The van der Waals surface area contributed by atoms with Gasteiger partial charge in [0.25, 0.3) is 5.91 Å². The van der Waals surface area contributed by atoms with Crippen LogP contribution in [-0.2, 0) is 0 Å². The summed E-state index contributed by atoms with van der Waals surface area (Å²) in [7, 11) is 0. The summed E-state index contributed by atoms with van der Waals surface area (Å²) in [6.07, 6.45) is 3.02. The SMILES string of the molecule is NC(=S)c1cc(F)ccc1NC(=O)c1ccncc1. The van der Waals surface area contributed by atoms with Crippen LogP contribution in [0.15, 0.2) is 42.7 Å². The summed E-state index contributed by atoms with van der Waals surface area (Å²) in [5, 5.41) is 2.63. The fourth-order valence-corrected chi connectivity index (χ4v) is 1.70. The van der Waals surface area contributed by atoms with E-state index in [1.54, 1.807) is 12.1 Å². The largest absolute Gasteiger partial charge is 0.389 e. The molecule has 3 N–H and O–H groups in total. The van der Waals surface area contributed by atoms with Crippen molar-refractivity contribution in [1.82, 2.24) is 4.98 Å². The molecule has 96 valence electrons. The molecule has 0 spiro atoms. The van der Waals surface area contributed by atoms with Gasteiger partial charge in [0.1, 0.15) is 10.8 Å². The number of halogens is 1. The van der Waals surface area contributed by atoms with Crippen molar-refractivity contribution in [3.05, 3.63) is 59.7 Å². The van der Waals surface area contributed by atoms with Gasteiger partial charge in [-0.25, -0.2) is 4.39 Å². The lowest BCUT2D eigenvalue weighted by Gasteiger charge is -2.10. The number of benzene rings is 1. The molecule has 0 saturated heterocycles. The van der Waals surface area contributed by atoms with Crippen molar-refractivity contribution < 1.29 is 9.18 Å². The maximum atomic E-state index is 13.1. The minimum Gasteiger partial charge on any atom is -0.389 e. The van der Waals surface area contributed by atoms with Gasteiger partial charge in [-0.05, 0) is 30.3 Å². The number of hydrogen-bond donors (Lipinski definition) is 2. The third-order valence-corrected chi connectivity index (χ3v) is 2.66. The maximum Gasteiger partial charge on any atom is 0.255 e. The van der Waals surface area contributed by atoms with Gasteiger partial charge in [0.2, 0.25) is 0 Å². The Bertz CT molecular complexity index is 631. The Hall–Kier alpha value is -2.34. The zero-order valence-corrected chi connectivity index (χ0v) is 10.6. The Morgan fingerprint density at radius 1 is 1.26 bits per heavy atom. The molecule has 0 fully saturated rings. The standard InChI is InChI=1S/C13H10FN3OS/c14-9-1-2-11(10(7-9)12(15)19)17-13(18)8-3-5-16-6-4-8/h1-7H,(H2,15,19)(H,17,18). The highest BCUT2D eigenvalue weighted by atomic mass is 32.1. The Kier molecular flexibility index (Phi) is 3.82. The highest BCUT2D eigenvalue weighted by Crippen LogP contribution is 2.18. The number of nitrogens with zero attached hydrogens (tertiary/aromatic N) is 1. The lowest BCUT2D eigenvalue weighted by Crippen LogP contribution is -2.17. The van der Waals surface area contributed by atoms with E-state index >= 15 is 0 Å². The summed E-state index contributed by atoms with van der Waals surface area (Å²) in [5.74, 6) is -0.809. The second kappa shape index (κ2) is 5.53. The maximum absolute atomic E-state index is 13.1. The number of pyridine rings is 1. The molecule has 0 atom stereocenters. The van der Waals surface area contributed by atoms with Crippen molar-refractivity contribution in [2.45, 2.75) is 0 Å². The first-order valence-electron chi connectivity index (χ1n) is 5.38. The first kappa shape index (κ1) is 13.1. The summed E-state index contributed by atoms with van der Waals surface area (Å²) in [4.78, 5) is 15.8. The van der Waals surface area contributed by atoms with Gasteiger partial charge in [0.05, 0.1) is 5.69 Å². The second-order valence-corrected chi connectivity index (χ2v) is 4.18. The van der Waals surface area contributed by atoms with Crippen LogP contribution >= 0.6 is 12.2 Å². The molecule has 0 unspecified atom stereocenters. The smallest absolute Gasteiger partial charge is 0.255 e. The van der Waals surface area contributed by atoms with Gasteiger partial charge < -0.3 is 11.1 Å². The molecule has 0 aliphatic rings. The number of hydrogen-bond acceptors (Lipinski definition) is 3. The lowest BCUT2D eigenvalue weighted by molar-refractivity contribution is 0.102. The fraction of sp³-hybridized carbons (Fsp3) is 0. The van der Waals surface area contributed by atoms with E-state index in [2.05, 4.69) is 10.3 Å². The molecule has 1 aromatic heterocycles. The van der Waals surface area contributed by atoms with Crippen LogP contribution in [0.25, 0.3) is 0 Å². The minimum absolute atomic E-state index is 0.0181. The third-order valence-electron chi connectivity index (χ3n) is 2.44. The molecular weight excluding hydrogens is 265 g/mol. The number of carbonyl (C=O) groups excluding carboxylic acids is 1. The highest BCUT2D eigenvalue weighted by Gasteiger charge is 2.11. The van der Waals surface area contributed by atoms with Crippen molar-refractivity contribution in [2.24, 2.45) is 5.73 Å². The molecule has 1 aromatic carbocycles. The molecule has 4 nitrogen and oxygen atoms in total. The number of anilines is 1. The van der Waals surface area contributed by atoms with Gasteiger partial charge in [0, 0.05) is 23.5 Å². The predicted octanol–water partition coefficient (Wildman–Crippen LogP) is 2.11. The number of amides is 1. The van der Waals surface area contributed by atoms with Gasteiger partial charge in [-0.3, -0.25) is 9.78 Å². The number of thiocarbonyl (C=S) groups is 1. The van der Waals surface area contributed by atoms with Gasteiger partial charge in [0.15, 0.2) is 0 Å². The Labute approximate surface area is 114 Å². The van der Waals surface area contributed by atoms with E-state index < -0.39 is 5.82 Å². The number of nitrogens with one attached hydrogen (secondary N) is 1. The first-order chi connectivity index (χ1) is 9.08. The lowest BCUT2D eigenvalue weighted by atomic mass is 10.1. The third kappa shape index (κ3) is 3.11. The van der Waals surface area contributed by atoms with E-state index in [1.807, 2.05) is 0 Å². The van der Waals surface area contributed by atoms with Crippen molar-refractivity contribution in [2.75, 3.05) is 5.32 Å². The molecule has 0 radical (unpaired) electrons. The normalized spacial score (nSPS) is 9.95. The van der Waals surface area contributed by atoms with E-state index in [0.29, 0.717) is 11.3 Å². The molecule has 0 bridgehead atoms. The summed E-state index contributed by atoms with van der Waals surface area (Å²) in [6.45, 7) is 0. The predicted molar refractivity (Wildman–Crippen MR) is 74.5 cm³/mol. The van der Waals surface area contributed by atoms with Crippen LogP contribution in [0.1, 0.15) is 15.9 Å². The molecule has 19 heavy (non-hydrogen) atoms. The zero-order valence-electron chi connectivity index (χ0n) is 9.76. The van der Waals surface area contributed by atoms with Gasteiger partial charge >= 0.3 is 0 Å². The van der Waals surface area contributed by atoms with Crippen molar-refractivity contribution >= 4 is 28.8 Å². The average molecular weight is 275 g/mol. The number of rotatable bonds is 3. The monoisotopic (exact) mass is 275 g/mol. The number of carbonyl (C=O) groups is 1. The van der Waals surface area contributed by atoms with E-state index in [9.17, 15) is 9.18 Å². The van der Waals surface area contributed by atoms with E-state index in [-0.39, 0.29) is 16.5 Å². The Morgan fingerprint density at radius 2 is 1.95 bits per heavy atom. The molecule has 2 rings (SSSR count). The number of aromatic nitrogens is 1. The van der Waals surface area contributed by atoms with Crippen molar-refractivity contribution in [3.63, 3.8) is 0 Å². The van der Waals surface area contributed by atoms with Crippen LogP contribution in [0, 0.1) is 5.82 Å². The van der Waals surface area contributed by atoms with Crippen LogP contribution in [0.5, 0.6) is 0 Å². The first-order valence-corrected chi connectivity index (χ1v) is 5.79. The van der Waals surface area contributed by atoms with E-state index in [0.717, 1.165) is 0 Å². The summed E-state index contributed by atoms with van der Waals surface area (Å²) >= 11 is 4.83. The van der Waals surface area contributed by atoms with Crippen LogP contribution in [0.3, 0.4) is 0 Å². The van der Waals surface area contributed by atoms with Crippen LogP contribution < -0.4 is 11.1 Å². The van der Waals surface area contributed by atoms with Crippen LogP contribution in [0.2, 0.25) is 0 Å². The fourth-order valence-electron chi connectivity index (χ4n) is 1.53. The highest BCUT2D eigenvalue weighted by molar-refractivity contribution is 7.80. The Morgan fingerprint density at radius 3 is 2.58 bits per heavy atom. The summed E-state index contributed by atoms with van der Waals surface area (Å²) < 4.78 is 13.1. The molecule has 1 heterocycles.